The predicted octanol–water partition coefficient (Wildman–Crippen LogP) is 2.72. The number of hydrogen-bond acceptors (Lipinski definition) is 4. The number of likely N-dealkylation sites (tertiary alicyclic amines) is 1. The molecule has 1 atom stereocenters. The second-order valence-electron chi connectivity index (χ2n) is 7.18. The molecule has 0 aliphatic carbocycles. The lowest BCUT2D eigenvalue weighted by Gasteiger charge is -2.32. The zero-order valence-corrected chi connectivity index (χ0v) is 16.4. The van der Waals surface area contributed by atoms with E-state index in [1.807, 2.05) is 6.92 Å². The zero-order chi connectivity index (χ0) is 19.3. The van der Waals surface area contributed by atoms with Crippen LogP contribution in [0.5, 0.6) is 11.5 Å². The fraction of sp³-hybridized carbons (Fsp3) is 0.600. The summed E-state index contributed by atoms with van der Waals surface area (Å²) < 4.78 is 10.5. The fourth-order valence-electron chi connectivity index (χ4n) is 3.01. The quantitative estimate of drug-likeness (QED) is 0.845. The number of nitrogens with one attached hydrogen (secondary N) is 1. The topological polar surface area (TPSA) is 67.9 Å². The molecule has 1 unspecified atom stereocenters. The molecule has 1 aromatic rings. The van der Waals surface area contributed by atoms with Crippen molar-refractivity contribution in [1.29, 1.82) is 0 Å². The number of carbonyl (C=O) groups is 2. The van der Waals surface area contributed by atoms with Crippen LogP contribution in [0.25, 0.3) is 0 Å². The average molecular weight is 362 g/mol. The maximum absolute atomic E-state index is 12.7. The molecule has 1 aliphatic heterocycles. The van der Waals surface area contributed by atoms with Crippen molar-refractivity contribution in [2.75, 3.05) is 27.3 Å². The summed E-state index contributed by atoms with van der Waals surface area (Å²) in [4.78, 5) is 26.9. The number of nitrogens with zero attached hydrogens (tertiary/aromatic N) is 1. The van der Waals surface area contributed by atoms with Gasteiger partial charge in [-0.15, -0.1) is 0 Å². The molecular weight excluding hydrogens is 332 g/mol. The Bertz CT molecular complexity index is 637. The molecule has 144 valence electrons. The monoisotopic (exact) mass is 362 g/mol. The molecule has 0 spiro atoms. The molecule has 1 aliphatic rings. The van der Waals surface area contributed by atoms with Gasteiger partial charge in [-0.25, -0.2) is 0 Å². The lowest BCUT2D eigenvalue weighted by molar-refractivity contribution is -0.127. The van der Waals surface area contributed by atoms with Crippen molar-refractivity contribution in [1.82, 2.24) is 10.2 Å². The molecule has 6 nitrogen and oxygen atoms in total. The number of carbonyl (C=O) groups excluding carboxylic acids is 2. The van der Waals surface area contributed by atoms with Crippen LogP contribution in [0.15, 0.2) is 18.2 Å². The van der Waals surface area contributed by atoms with Gasteiger partial charge in [0.05, 0.1) is 14.2 Å². The van der Waals surface area contributed by atoms with Crippen LogP contribution in [0.4, 0.5) is 0 Å². The number of methoxy groups -OCH3 is 2. The number of rotatable bonds is 6. The Morgan fingerprint density at radius 3 is 2.23 bits per heavy atom. The Labute approximate surface area is 155 Å². The lowest BCUT2D eigenvalue weighted by Crippen LogP contribution is -2.45. The highest BCUT2D eigenvalue weighted by Gasteiger charge is 2.29. The summed E-state index contributed by atoms with van der Waals surface area (Å²) in [5.74, 6) is 1.58. The minimum Gasteiger partial charge on any atom is -0.493 e. The Morgan fingerprint density at radius 2 is 1.69 bits per heavy atom. The summed E-state index contributed by atoms with van der Waals surface area (Å²) in [6.07, 6.45) is 1.38. The van der Waals surface area contributed by atoms with Crippen molar-refractivity contribution in [3.05, 3.63) is 23.8 Å². The van der Waals surface area contributed by atoms with Gasteiger partial charge in [-0.2, -0.15) is 0 Å². The molecule has 0 saturated carbocycles. The maximum atomic E-state index is 12.7. The first-order valence-electron chi connectivity index (χ1n) is 9.19. The fourth-order valence-corrected chi connectivity index (χ4v) is 3.01. The molecule has 1 N–H and O–H groups in total. The Kier molecular flexibility index (Phi) is 6.89. The van der Waals surface area contributed by atoms with E-state index in [4.69, 9.17) is 9.47 Å². The summed E-state index contributed by atoms with van der Waals surface area (Å²) in [6, 6.07) is 5.34. The molecule has 6 heteroatoms. The van der Waals surface area contributed by atoms with Gasteiger partial charge in [-0.05, 0) is 43.9 Å². The molecule has 1 aromatic carbocycles. The van der Waals surface area contributed by atoms with Crippen LogP contribution in [0.2, 0.25) is 0 Å². The van der Waals surface area contributed by atoms with Gasteiger partial charge in [-0.3, -0.25) is 9.59 Å². The number of amides is 2. The van der Waals surface area contributed by atoms with Gasteiger partial charge < -0.3 is 19.7 Å². The molecule has 1 heterocycles. The largest absolute Gasteiger partial charge is 0.493 e. The standard InChI is InChI=1S/C20H30N2O4/c1-13(2)14(3)21-19(23)15-8-10-22(11-9-15)20(24)16-6-7-17(25-4)18(12-16)26-5/h6-7,12-15H,8-11H2,1-5H3,(H,21,23). The van der Waals surface area contributed by atoms with Gasteiger partial charge >= 0.3 is 0 Å². The number of piperidine rings is 1. The van der Waals surface area contributed by atoms with E-state index in [1.165, 1.54) is 0 Å². The molecule has 0 aromatic heterocycles. The highest BCUT2D eigenvalue weighted by atomic mass is 16.5. The van der Waals surface area contributed by atoms with E-state index in [0.717, 1.165) is 0 Å². The number of benzene rings is 1. The van der Waals surface area contributed by atoms with Crippen LogP contribution in [0.3, 0.4) is 0 Å². The molecule has 2 rings (SSSR count). The van der Waals surface area contributed by atoms with Crippen LogP contribution in [-0.2, 0) is 4.79 Å². The first kappa shape index (κ1) is 20.1. The Hall–Kier alpha value is -2.24. The summed E-state index contributed by atoms with van der Waals surface area (Å²) in [6.45, 7) is 7.38. The second-order valence-corrected chi connectivity index (χ2v) is 7.18. The minimum atomic E-state index is -0.0413. The van der Waals surface area contributed by atoms with Gasteiger partial charge in [0.1, 0.15) is 0 Å². The Balaban J connectivity index is 1.95. The first-order chi connectivity index (χ1) is 12.4. The van der Waals surface area contributed by atoms with Gasteiger partial charge in [0, 0.05) is 30.6 Å². The smallest absolute Gasteiger partial charge is 0.253 e. The van der Waals surface area contributed by atoms with Crippen molar-refractivity contribution in [3.63, 3.8) is 0 Å². The molecule has 0 bridgehead atoms. The van der Waals surface area contributed by atoms with E-state index >= 15 is 0 Å². The summed E-state index contributed by atoms with van der Waals surface area (Å²) in [5, 5.41) is 3.08. The Morgan fingerprint density at radius 1 is 1.08 bits per heavy atom. The van der Waals surface area contributed by atoms with E-state index in [1.54, 1.807) is 37.3 Å². The van der Waals surface area contributed by atoms with Crippen molar-refractivity contribution in [2.24, 2.45) is 11.8 Å². The summed E-state index contributed by atoms with van der Waals surface area (Å²) in [5.41, 5.74) is 0.569. The van der Waals surface area contributed by atoms with Gasteiger partial charge in [0.2, 0.25) is 5.91 Å². The highest BCUT2D eigenvalue weighted by molar-refractivity contribution is 5.95. The third kappa shape index (κ3) is 4.68. The van der Waals surface area contributed by atoms with Crippen molar-refractivity contribution in [3.8, 4) is 11.5 Å². The van der Waals surface area contributed by atoms with Crippen molar-refractivity contribution in [2.45, 2.75) is 39.7 Å². The second kappa shape index (κ2) is 8.92. The highest BCUT2D eigenvalue weighted by Crippen LogP contribution is 2.29. The summed E-state index contributed by atoms with van der Waals surface area (Å²) in [7, 11) is 3.11. The van der Waals surface area contributed by atoms with Gasteiger partial charge in [0.15, 0.2) is 11.5 Å². The molecule has 2 amide bonds. The van der Waals surface area contributed by atoms with Crippen LogP contribution in [0.1, 0.15) is 44.0 Å². The van der Waals surface area contributed by atoms with Crippen molar-refractivity contribution < 1.29 is 19.1 Å². The van der Waals surface area contributed by atoms with E-state index in [2.05, 4.69) is 19.2 Å². The van der Waals surface area contributed by atoms with Gasteiger partial charge in [0.25, 0.3) is 5.91 Å². The molecule has 1 fully saturated rings. The third-order valence-electron chi connectivity index (χ3n) is 5.15. The van der Waals surface area contributed by atoms with E-state index in [-0.39, 0.29) is 23.8 Å². The van der Waals surface area contributed by atoms with Gasteiger partial charge in [-0.1, -0.05) is 13.8 Å². The molecule has 26 heavy (non-hydrogen) atoms. The normalized spacial score (nSPS) is 16.3. The molecule has 1 saturated heterocycles. The van der Waals surface area contributed by atoms with Crippen LogP contribution >= 0.6 is 0 Å². The van der Waals surface area contributed by atoms with E-state index < -0.39 is 0 Å². The SMILES string of the molecule is COc1ccc(C(=O)N2CCC(C(=O)NC(C)C(C)C)CC2)cc1OC. The maximum Gasteiger partial charge on any atom is 0.253 e. The average Bonchev–Trinajstić information content (AvgIpc) is 2.66. The van der Waals surface area contributed by atoms with Crippen LogP contribution < -0.4 is 14.8 Å². The summed E-state index contributed by atoms with van der Waals surface area (Å²) >= 11 is 0. The van der Waals surface area contributed by atoms with Crippen LogP contribution in [0, 0.1) is 11.8 Å². The predicted molar refractivity (Wildman–Crippen MR) is 101 cm³/mol. The zero-order valence-electron chi connectivity index (χ0n) is 16.4. The van der Waals surface area contributed by atoms with E-state index in [9.17, 15) is 9.59 Å². The number of ether oxygens (including phenoxy) is 2. The van der Waals surface area contributed by atoms with E-state index in [0.29, 0.717) is 48.9 Å². The molecular formula is C20H30N2O4. The van der Waals surface area contributed by atoms with Crippen molar-refractivity contribution >= 4 is 11.8 Å². The lowest BCUT2D eigenvalue weighted by atomic mass is 9.94. The van der Waals surface area contributed by atoms with Crippen LogP contribution in [-0.4, -0.2) is 50.1 Å². The minimum absolute atomic E-state index is 0.0225. The molecule has 0 radical (unpaired) electrons. The third-order valence-corrected chi connectivity index (χ3v) is 5.15. The number of hydrogen-bond donors (Lipinski definition) is 1. The first-order valence-corrected chi connectivity index (χ1v) is 9.19.